The van der Waals surface area contributed by atoms with Gasteiger partial charge in [-0.1, -0.05) is 20.8 Å². The highest BCUT2D eigenvalue weighted by molar-refractivity contribution is 5.99. The molecule has 1 heterocycles. The fourth-order valence-electron chi connectivity index (χ4n) is 5.67. The maximum absolute atomic E-state index is 15.9. The molecular weight excluding hydrogens is 582 g/mol. The predicted molar refractivity (Wildman–Crippen MR) is 156 cm³/mol. The number of primary amides is 1. The average molecular weight is 620 g/mol. The Hall–Kier alpha value is -4.22. The zero-order chi connectivity index (χ0) is 32.4. The number of benzene rings is 2. The number of ether oxygens (including phenoxy) is 3. The zero-order valence-corrected chi connectivity index (χ0v) is 25.3. The van der Waals surface area contributed by atoms with Crippen LogP contribution in [-0.2, 0) is 4.79 Å². The molecule has 0 radical (unpaired) electrons. The van der Waals surface area contributed by atoms with Gasteiger partial charge in [-0.05, 0) is 84.9 Å². The maximum atomic E-state index is 15.9. The number of halogens is 4. The van der Waals surface area contributed by atoms with E-state index < -0.39 is 41.3 Å². The first-order valence-corrected chi connectivity index (χ1v) is 14.2. The second kappa shape index (κ2) is 12.8. The average Bonchev–Trinajstić information content (AvgIpc) is 2.93. The molecule has 44 heavy (non-hydrogen) atoms. The van der Waals surface area contributed by atoms with Gasteiger partial charge < -0.3 is 30.2 Å². The van der Waals surface area contributed by atoms with E-state index in [1.54, 1.807) is 24.2 Å². The third-order valence-corrected chi connectivity index (χ3v) is 8.13. The molecule has 1 aliphatic carbocycles. The molecule has 0 saturated heterocycles. The second-order valence-electron chi connectivity index (χ2n) is 12.2. The van der Waals surface area contributed by atoms with E-state index in [4.69, 9.17) is 15.2 Å². The molecule has 4 rings (SSSR count). The van der Waals surface area contributed by atoms with Crippen LogP contribution in [0.5, 0.6) is 23.0 Å². The Morgan fingerprint density at radius 2 is 1.68 bits per heavy atom. The number of hydrogen-bond donors (Lipinski definition) is 2. The van der Waals surface area contributed by atoms with Gasteiger partial charge >= 0.3 is 6.36 Å². The van der Waals surface area contributed by atoms with Gasteiger partial charge in [0.05, 0.1) is 7.11 Å². The summed E-state index contributed by atoms with van der Waals surface area (Å²) in [6.07, 6.45) is 3.14. The van der Waals surface area contributed by atoms with E-state index in [0.717, 1.165) is 37.8 Å². The van der Waals surface area contributed by atoms with E-state index in [1.807, 2.05) is 0 Å². The fourth-order valence-corrected chi connectivity index (χ4v) is 5.67. The van der Waals surface area contributed by atoms with Crippen LogP contribution in [0.2, 0.25) is 0 Å². The van der Waals surface area contributed by atoms with Crippen molar-refractivity contribution in [2.45, 2.75) is 64.8 Å². The SMILES string of the molecule is COc1cc(OC(F)(F)F)ccc1Oc1cc(C2CCC(C(C)(C)C)CC2)cc(F)c1C(=O)NC1=CC(C(N)=O)N(C)C=C1. The van der Waals surface area contributed by atoms with Crippen molar-refractivity contribution in [1.29, 1.82) is 0 Å². The predicted octanol–water partition coefficient (Wildman–Crippen LogP) is 6.77. The minimum Gasteiger partial charge on any atom is -0.493 e. The summed E-state index contributed by atoms with van der Waals surface area (Å²) in [5.41, 5.74) is 6.03. The highest BCUT2D eigenvalue weighted by Crippen LogP contribution is 2.45. The molecule has 8 nitrogen and oxygen atoms in total. The first kappa shape index (κ1) is 32.7. The number of amides is 2. The van der Waals surface area contributed by atoms with E-state index in [9.17, 15) is 22.8 Å². The highest BCUT2D eigenvalue weighted by Gasteiger charge is 2.33. The summed E-state index contributed by atoms with van der Waals surface area (Å²) in [5.74, 6) is -2.69. The van der Waals surface area contributed by atoms with Crippen molar-refractivity contribution in [2.75, 3.05) is 14.2 Å². The van der Waals surface area contributed by atoms with Crippen LogP contribution in [0, 0.1) is 17.2 Å². The summed E-state index contributed by atoms with van der Waals surface area (Å²) < 4.78 is 69.5. The Kier molecular flexibility index (Phi) is 9.50. The number of nitrogens with two attached hydrogens (primary N) is 1. The van der Waals surface area contributed by atoms with Gasteiger partial charge in [-0.3, -0.25) is 9.59 Å². The van der Waals surface area contributed by atoms with Crippen LogP contribution in [0.25, 0.3) is 0 Å². The van der Waals surface area contributed by atoms with Gasteiger partial charge in [0.2, 0.25) is 5.91 Å². The molecule has 1 aliphatic heterocycles. The third kappa shape index (κ3) is 7.83. The van der Waals surface area contributed by atoms with Gasteiger partial charge in [-0.15, -0.1) is 13.2 Å². The van der Waals surface area contributed by atoms with Crippen molar-refractivity contribution < 1.29 is 41.4 Å². The molecule has 1 atom stereocenters. The first-order valence-electron chi connectivity index (χ1n) is 14.2. The minimum atomic E-state index is -4.92. The first-order chi connectivity index (χ1) is 20.6. The lowest BCUT2D eigenvalue weighted by Crippen LogP contribution is -2.41. The molecule has 1 fully saturated rings. The van der Waals surface area contributed by atoms with Crippen molar-refractivity contribution >= 4 is 11.8 Å². The monoisotopic (exact) mass is 619 g/mol. The van der Waals surface area contributed by atoms with E-state index in [-0.39, 0.29) is 34.3 Å². The van der Waals surface area contributed by atoms with Gasteiger partial charge in [-0.25, -0.2) is 4.39 Å². The van der Waals surface area contributed by atoms with Crippen LogP contribution in [0.1, 0.15) is 68.3 Å². The maximum Gasteiger partial charge on any atom is 0.573 e. The molecule has 1 saturated carbocycles. The lowest BCUT2D eigenvalue weighted by atomic mass is 9.68. The van der Waals surface area contributed by atoms with Crippen molar-refractivity contribution in [3.63, 3.8) is 0 Å². The fraction of sp³-hybridized carbons (Fsp3) is 0.438. The number of nitrogens with one attached hydrogen (secondary N) is 1. The Balaban J connectivity index is 1.70. The van der Waals surface area contributed by atoms with E-state index >= 15 is 4.39 Å². The number of nitrogens with zero attached hydrogens (tertiary/aromatic N) is 1. The Morgan fingerprint density at radius 1 is 1.00 bits per heavy atom. The van der Waals surface area contributed by atoms with Crippen LogP contribution < -0.4 is 25.3 Å². The Bertz CT molecular complexity index is 1460. The summed E-state index contributed by atoms with van der Waals surface area (Å²) in [5, 5.41) is 2.60. The van der Waals surface area contributed by atoms with Crippen molar-refractivity contribution in [3.8, 4) is 23.0 Å². The van der Waals surface area contributed by atoms with E-state index in [2.05, 4.69) is 30.8 Å². The molecular formula is C32H37F4N3O5. The molecule has 0 spiro atoms. The van der Waals surface area contributed by atoms with Crippen LogP contribution in [0.4, 0.5) is 17.6 Å². The number of carbonyl (C=O) groups excluding carboxylic acids is 2. The summed E-state index contributed by atoms with van der Waals surface area (Å²) in [6.45, 7) is 6.61. The molecule has 2 aromatic rings. The van der Waals surface area contributed by atoms with Crippen molar-refractivity contribution in [3.05, 3.63) is 71.3 Å². The number of hydrogen-bond acceptors (Lipinski definition) is 6. The molecule has 1 unspecified atom stereocenters. The quantitative estimate of drug-likeness (QED) is 0.316. The molecule has 2 aliphatic rings. The van der Waals surface area contributed by atoms with Crippen molar-refractivity contribution in [2.24, 2.45) is 17.1 Å². The zero-order valence-electron chi connectivity index (χ0n) is 25.3. The second-order valence-corrected chi connectivity index (χ2v) is 12.2. The molecule has 12 heteroatoms. The highest BCUT2D eigenvalue weighted by atomic mass is 19.4. The molecule has 2 amide bonds. The number of carbonyl (C=O) groups is 2. The van der Waals surface area contributed by atoms with Crippen LogP contribution in [0.3, 0.4) is 0 Å². The summed E-state index contributed by atoms with van der Waals surface area (Å²) in [7, 11) is 2.87. The van der Waals surface area contributed by atoms with E-state index in [0.29, 0.717) is 11.5 Å². The number of likely N-dealkylation sites (N-methyl/N-ethyl adjacent to an activating group) is 1. The Labute approximate surface area is 253 Å². The smallest absolute Gasteiger partial charge is 0.493 e. The van der Waals surface area contributed by atoms with Gasteiger partial charge in [0.1, 0.15) is 28.9 Å². The number of allylic oxidation sites excluding steroid dienone is 1. The van der Waals surface area contributed by atoms with E-state index in [1.165, 1.54) is 31.4 Å². The standard InChI is InChI=1S/C32H37F4N3O5/c1-31(2,3)20-8-6-18(7-9-20)19-14-23(33)28(30(41)38-21-12-13-39(4)24(16-21)29(37)40)27(15-19)43-25-11-10-22(17-26(25)42-5)44-32(34,35)36/h10-18,20,24H,6-9H2,1-5H3,(H2,37,40)(H,38,41). The third-order valence-electron chi connectivity index (χ3n) is 8.13. The molecule has 238 valence electrons. The van der Waals surface area contributed by atoms with Gasteiger partial charge in [0.15, 0.2) is 11.5 Å². The summed E-state index contributed by atoms with van der Waals surface area (Å²) in [6, 6.07) is 5.27. The van der Waals surface area contributed by atoms with Gasteiger partial charge in [0, 0.05) is 25.0 Å². The number of methoxy groups -OCH3 is 1. The lowest BCUT2D eigenvalue weighted by Gasteiger charge is -2.37. The Morgan fingerprint density at radius 3 is 2.27 bits per heavy atom. The van der Waals surface area contributed by atoms with Crippen molar-refractivity contribution in [1.82, 2.24) is 10.2 Å². The topological polar surface area (TPSA) is 103 Å². The van der Waals surface area contributed by atoms with Crippen LogP contribution in [0.15, 0.2) is 54.4 Å². The minimum absolute atomic E-state index is 0.0165. The normalized spacial score (nSPS) is 20.5. The molecule has 3 N–H and O–H groups in total. The van der Waals surface area contributed by atoms with Crippen LogP contribution >= 0.6 is 0 Å². The summed E-state index contributed by atoms with van der Waals surface area (Å²) >= 11 is 0. The molecule has 0 bridgehead atoms. The van der Waals surface area contributed by atoms with Gasteiger partial charge in [0.25, 0.3) is 5.91 Å². The van der Waals surface area contributed by atoms with Gasteiger partial charge in [-0.2, -0.15) is 0 Å². The molecule has 2 aromatic carbocycles. The lowest BCUT2D eigenvalue weighted by molar-refractivity contribution is -0.274. The molecule has 0 aromatic heterocycles. The number of alkyl halides is 3. The number of rotatable bonds is 8. The van der Waals surface area contributed by atoms with Crippen LogP contribution in [-0.4, -0.2) is 43.3 Å². The summed E-state index contributed by atoms with van der Waals surface area (Å²) in [4.78, 5) is 26.9. The largest absolute Gasteiger partial charge is 0.573 e.